The molecule has 2 aromatic rings. The maximum Gasteiger partial charge on any atom is 0.418 e. The Morgan fingerprint density at radius 3 is 2.25 bits per heavy atom. The van der Waals surface area contributed by atoms with Gasteiger partial charge in [0.2, 0.25) is 0 Å². The van der Waals surface area contributed by atoms with Gasteiger partial charge in [-0.1, -0.05) is 24.3 Å². The Kier molecular flexibility index (Phi) is 3.94. The van der Waals surface area contributed by atoms with Gasteiger partial charge in [0.05, 0.1) is 17.2 Å². The third kappa shape index (κ3) is 3.29. The normalized spacial score (nSPS) is 10.9. The minimum Gasteiger partial charge on any atom is -0.380 e. The van der Waals surface area contributed by atoms with E-state index in [4.69, 9.17) is 5.26 Å². The van der Waals surface area contributed by atoms with Crippen LogP contribution in [0.5, 0.6) is 0 Å². The maximum absolute atomic E-state index is 12.8. The van der Waals surface area contributed by atoms with Crippen molar-refractivity contribution in [1.82, 2.24) is 0 Å². The van der Waals surface area contributed by atoms with Crippen LogP contribution in [-0.2, 0) is 12.7 Å². The molecule has 0 aliphatic rings. The van der Waals surface area contributed by atoms with Crippen LogP contribution in [0, 0.1) is 11.3 Å². The minimum absolute atomic E-state index is 0.0457. The van der Waals surface area contributed by atoms with E-state index in [9.17, 15) is 13.2 Å². The van der Waals surface area contributed by atoms with Crippen LogP contribution in [0.3, 0.4) is 0 Å². The maximum atomic E-state index is 12.8. The van der Waals surface area contributed by atoms with Crippen LogP contribution in [0.2, 0.25) is 0 Å². The molecule has 0 bridgehead atoms. The summed E-state index contributed by atoms with van der Waals surface area (Å²) in [5, 5.41) is 11.4. The largest absolute Gasteiger partial charge is 0.418 e. The summed E-state index contributed by atoms with van der Waals surface area (Å²) in [7, 11) is 0. The van der Waals surface area contributed by atoms with Crippen molar-refractivity contribution in [2.24, 2.45) is 0 Å². The second-order valence-electron chi connectivity index (χ2n) is 4.21. The fourth-order valence-electron chi connectivity index (χ4n) is 1.78. The van der Waals surface area contributed by atoms with Crippen molar-refractivity contribution < 1.29 is 13.2 Å². The lowest BCUT2D eigenvalue weighted by Crippen LogP contribution is -2.10. The van der Waals surface area contributed by atoms with Gasteiger partial charge in [0.25, 0.3) is 0 Å². The van der Waals surface area contributed by atoms with E-state index in [2.05, 4.69) is 5.32 Å². The van der Waals surface area contributed by atoms with Gasteiger partial charge in [0.15, 0.2) is 0 Å². The lowest BCUT2D eigenvalue weighted by atomic mass is 10.1. The summed E-state index contributed by atoms with van der Waals surface area (Å²) in [4.78, 5) is 0. The van der Waals surface area contributed by atoms with E-state index in [1.54, 1.807) is 30.3 Å². The van der Waals surface area contributed by atoms with Gasteiger partial charge in [-0.3, -0.25) is 0 Å². The van der Waals surface area contributed by atoms with Gasteiger partial charge >= 0.3 is 6.18 Å². The Morgan fingerprint density at radius 2 is 1.65 bits per heavy atom. The number of anilines is 1. The number of rotatable bonds is 3. The molecule has 0 heterocycles. The number of nitriles is 1. The molecule has 0 spiro atoms. The lowest BCUT2D eigenvalue weighted by molar-refractivity contribution is -0.136. The molecule has 0 aliphatic heterocycles. The van der Waals surface area contributed by atoms with Gasteiger partial charge < -0.3 is 5.32 Å². The third-order valence-corrected chi connectivity index (χ3v) is 2.80. The van der Waals surface area contributed by atoms with Crippen LogP contribution in [-0.4, -0.2) is 0 Å². The summed E-state index contributed by atoms with van der Waals surface area (Å²) < 4.78 is 38.4. The molecule has 0 saturated carbocycles. The summed E-state index contributed by atoms with van der Waals surface area (Å²) >= 11 is 0. The van der Waals surface area contributed by atoms with Crippen molar-refractivity contribution in [3.8, 4) is 6.07 Å². The van der Waals surface area contributed by atoms with Crippen LogP contribution in [0.4, 0.5) is 18.9 Å². The number of para-hydroxylation sites is 1. The summed E-state index contributed by atoms with van der Waals surface area (Å²) in [6.07, 6.45) is -4.38. The van der Waals surface area contributed by atoms with Crippen LogP contribution < -0.4 is 5.32 Å². The van der Waals surface area contributed by atoms with E-state index in [1.807, 2.05) is 6.07 Å². The predicted molar refractivity (Wildman–Crippen MR) is 69.9 cm³/mol. The molecule has 0 amide bonds. The molecule has 2 aromatic carbocycles. The smallest absolute Gasteiger partial charge is 0.380 e. The summed E-state index contributed by atoms with van der Waals surface area (Å²) in [5.74, 6) is 0. The lowest BCUT2D eigenvalue weighted by Gasteiger charge is -2.14. The summed E-state index contributed by atoms with van der Waals surface area (Å²) in [6.45, 7) is 0.263. The van der Waals surface area contributed by atoms with E-state index in [1.165, 1.54) is 12.1 Å². The van der Waals surface area contributed by atoms with Crippen LogP contribution >= 0.6 is 0 Å². The van der Waals surface area contributed by atoms with Gasteiger partial charge in [-0.05, 0) is 29.8 Å². The fraction of sp³-hybridized carbons (Fsp3) is 0.133. The molecule has 0 fully saturated rings. The molecule has 2 nitrogen and oxygen atoms in total. The average Bonchev–Trinajstić information content (AvgIpc) is 2.45. The highest BCUT2D eigenvalue weighted by molar-refractivity contribution is 5.53. The first-order chi connectivity index (χ1) is 9.50. The molecule has 0 aliphatic carbocycles. The second kappa shape index (κ2) is 5.66. The van der Waals surface area contributed by atoms with E-state index in [0.717, 1.165) is 11.6 Å². The summed E-state index contributed by atoms with van der Waals surface area (Å²) in [5.41, 5.74) is 0.684. The molecule has 0 atom stereocenters. The first-order valence-electron chi connectivity index (χ1n) is 5.90. The van der Waals surface area contributed by atoms with Crippen LogP contribution in [0.1, 0.15) is 16.7 Å². The minimum atomic E-state index is -4.38. The number of hydrogen-bond donors (Lipinski definition) is 1. The fourth-order valence-corrected chi connectivity index (χ4v) is 1.78. The molecular formula is C15H11F3N2. The topological polar surface area (TPSA) is 35.8 Å². The molecule has 0 unspecified atom stereocenters. The van der Waals surface area contributed by atoms with Crippen LogP contribution in [0.15, 0.2) is 48.5 Å². The molecule has 0 aromatic heterocycles. The number of alkyl halides is 3. The molecule has 5 heteroatoms. The molecule has 1 N–H and O–H groups in total. The predicted octanol–water partition coefficient (Wildman–Crippen LogP) is 4.19. The van der Waals surface area contributed by atoms with E-state index >= 15 is 0 Å². The van der Waals surface area contributed by atoms with E-state index in [-0.39, 0.29) is 12.2 Å². The van der Waals surface area contributed by atoms with Crippen molar-refractivity contribution in [3.05, 3.63) is 65.2 Å². The van der Waals surface area contributed by atoms with Gasteiger partial charge in [-0.25, -0.2) is 0 Å². The van der Waals surface area contributed by atoms with Gasteiger partial charge in [-0.2, -0.15) is 18.4 Å². The quantitative estimate of drug-likeness (QED) is 0.912. The van der Waals surface area contributed by atoms with E-state index < -0.39 is 11.7 Å². The monoisotopic (exact) mass is 276 g/mol. The highest BCUT2D eigenvalue weighted by Gasteiger charge is 2.32. The Hall–Kier alpha value is -2.48. The molecular weight excluding hydrogens is 265 g/mol. The SMILES string of the molecule is N#Cc1ccc(CNc2ccccc2C(F)(F)F)cc1. The number of halogens is 3. The summed E-state index contributed by atoms with van der Waals surface area (Å²) in [6, 6.07) is 14.0. The van der Waals surface area contributed by atoms with Crippen molar-refractivity contribution in [2.75, 3.05) is 5.32 Å². The number of hydrogen-bond acceptors (Lipinski definition) is 2. The molecule has 0 saturated heterocycles. The number of nitrogens with one attached hydrogen (secondary N) is 1. The Bertz CT molecular complexity index is 625. The average molecular weight is 276 g/mol. The zero-order chi connectivity index (χ0) is 14.6. The standard InChI is InChI=1S/C15H11F3N2/c16-15(17,18)13-3-1-2-4-14(13)20-10-12-7-5-11(9-19)6-8-12/h1-8,20H,10H2. The molecule has 2 rings (SSSR count). The zero-order valence-electron chi connectivity index (χ0n) is 10.4. The molecule has 20 heavy (non-hydrogen) atoms. The van der Waals surface area contributed by atoms with Gasteiger partial charge in [0, 0.05) is 12.2 Å². The van der Waals surface area contributed by atoms with E-state index in [0.29, 0.717) is 5.56 Å². The highest BCUT2D eigenvalue weighted by Crippen LogP contribution is 2.34. The molecule has 0 radical (unpaired) electrons. The Morgan fingerprint density at radius 1 is 1.00 bits per heavy atom. The second-order valence-corrected chi connectivity index (χ2v) is 4.21. The first-order valence-corrected chi connectivity index (χ1v) is 5.90. The number of benzene rings is 2. The first kappa shape index (κ1) is 13.9. The Balaban J connectivity index is 2.13. The van der Waals surface area contributed by atoms with Crippen molar-refractivity contribution in [3.63, 3.8) is 0 Å². The van der Waals surface area contributed by atoms with Crippen molar-refractivity contribution >= 4 is 5.69 Å². The molecule has 102 valence electrons. The zero-order valence-corrected chi connectivity index (χ0v) is 10.4. The number of nitrogens with zero attached hydrogens (tertiary/aromatic N) is 1. The highest BCUT2D eigenvalue weighted by atomic mass is 19.4. The van der Waals surface area contributed by atoms with Crippen molar-refractivity contribution in [1.29, 1.82) is 5.26 Å². The Labute approximate surface area is 114 Å². The van der Waals surface area contributed by atoms with Crippen molar-refractivity contribution in [2.45, 2.75) is 12.7 Å². The third-order valence-electron chi connectivity index (χ3n) is 2.80. The van der Waals surface area contributed by atoms with Gasteiger partial charge in [-0.15, -0.1) is 0 Å². The van der Waals surface area contributed by atoms with Crippen LogP contribution in [0.25, 0.3) is 0 Å². The van der Waals surface area contributed by atoms with Gasteiger partial charge in [0.1, 0.15) is 0 Å².